The van der Waals surface area contributed by atoms with Crippen LogP contribution in [0.2, 0.25) is 0 Å². The van der Waals surface area contributed by atoms with E-state index in [4.69, 9.17) is 5.11 Å². The Balaban J connectivity index is 3.60. The van der Waals surface area contributed by atoms with Crippen molar-refractivity contribution in [1.82, 2.24) is 5.32 Å². The minimum atomic E-state index is -0.868. The quantitative estimate of drug-likeness (QED) is 0.634. The standard InChI is InChI=1S/C12H20N2O3/c1-3-8-13-10(2)7-9-14-11(15)5-4-6-12(16)17/h3,8H,4-7,9H2,1-2H3,(H,14,15)(H,16,17)/b8-3-,13-10?. The number of hydrogen-bond donors (Lipinski definition) is 2. The number of aliphatic imine (C=N–C) groups is 1. The molecule has 0 aliphatic carbocycles. The van der Waals surface area contributed by atoms with E-state index < -0.39 is 5.97 Å². The zero-order valence-corrected chi connectivity index (χ0v) is 10.4. The van der Waals surface area contributed by atoms with Crippen molar-refractivity contribution in [3.8, 4) is 0 Å². The summed E-state index contributed by atoms with van der Waals surface area (Å²) >= 11 is 0. The minimum absolute atomic E-state index is 0.0369. The van der Waals surface area contributed by atoms with Crippen LogP contribution in [0, 0.1) is 0 Å². The number of allylic oxidation sites excluding steroid dienone is 1. The molecule has 0 aromatic heterocycles. The number of aliphatic carboxylic acids is 1. The lowest BCUT2D eigenvalue weighted by molar-refractivity contribution is -0.137. The SMILES string of the molecule is C/C=C\N=C(C)CCNC(=O)CCCC(=O)O. The molecule has 5 nitrogen and oxygen atoms in total. The molecule has 0 aromatic carbocycles. The molecule has 0 fully saturated rings. The lowest BCUT2D eigenvalue weighted by Gasteiger charge is -2.03. The van der Waals surface area contributed by atoms with E-state index in [0.29, 0.717) is 19.4 Å². The highest BCUT2D eigenvalue weighted by Gasteiger charge is 2.03. The molecule has 0 unspecified atom stereocenters. The fraction of sp³-hybridized carbons (Fsp3) is 0.583. The molecule has 0 bridgehead atoms. The van der Waals surface area contributed by atoms with Gasteiger partial charge in [0.05, 0.1) is 0 Å². The summed E-state index contributed by atoms with van der Waals surface area (Å²) < 4.78 is 0. The average Bonchev–Trinajstić information content (AvgIpc) is 2.25. The van der Waals surface area contributed by atoms with Crippen LogP contribution in [-0.4, -0.2) is 29.2 Å². The summed E-state index contributed by atoms with van der Waals surface area (Å²) in [6.45, 7) is 4.33. The van der Waals surface area contributed by atoms with Gasteiger partial charge >= 0.3 is 5.97 Å². The number of hydrogen-bond acceptors (Lipinski definition) is 3. The van der Waals surface area contributed by atoms with Gasteiger partial charge in [-0.15, -0.1) is 0 Å². The van der Waals surface area contributed by atoms with E-state index in [0.717, 1.165) is 5.71 Å². The van der Waals surface area contributed by atoms with Crippen molar-refractivity contribution in [2.75, 3.05) is 6.54 Å². The normalized spacial score (nSPS) is 11.8. The average molecular weight is 240 g/mol. The largest absolute Gasteiger partial charge is 0.481 e. The number of carbonyl (C=O) groups is 2. The lowest BCUT2D eigenvalue weighted by Crippen LogP contribution is -2.25. The molecule has 0 aliphatic heterocycles. The van der Waals surface area contributed by atoms with Crippen LogP contribution in [-0.2, 0) is 9.59 Å². The maximum absolute atomic E-state index is 11.3. The monoisotopic (exact) mass is 240 g/mol. The van der Waals surface area contributed by atoms with Crippen molar-refractivity contribution in [3.05, 3.63) is 12.3 Å². The van der Waals surface area contributed by atoms with Gasteiger partial charge in [-0.1, -0.05) is 6.08 Å². The van der Waals surface area contributed by atoms with Gasteiger partial charge in [0.25, 0.3) is 0 Å². The van der Waals surface area contributed by atoms with Crippen LogP contribution in [0.4, 0.5) is 0 Å². The van der Waals surface area contributed by atoms with E-state index in [9.17, 15) is 9.59 Å². The van der Waals surface area contributed by atoms with Crippen LogP contribution in [0.5, 0.6) is 0 Å². The van der Waals surface area contributed by atoms with Crippen molar-refractivity contribution in [2.45, 2.75) is 39.5 Å². The molecular formula is C12H20N2O3. The predicted octanol–water partition coefficient (Wildman–Crippen LogP) is 1.74. The van der Waals surface area contributed by atoms with Gasteiger partial charge in [0.15, 0.2) is 0 Å². The number of carboxylic acids is 1. The second kappa shape index (κ2) is 9.57. The van der Waals surface area contributed by atoms with E-state index in [1.165, 1.54) is 0 Å². The van der Waals surface area contributed by atoms with Gasteiger partial charge in [0.2, 0.25) is 5.91 Å². The fourth-order valence-electron chi connectivity index (χ4n) is 1.14. The smallest absolute Gasteiger partial charge is 0.303 e. The molecule has 0 aromatic rings. The highest BCUT2D eigenvalue weighted by molar-refractivity contribution is 5.83. The highest BCUT2D eigenvalue weighted by Crippen LogP contribution is 1.95. The third-order valence-corrected chi connectivity index (χ3v) is 2.05. The van der Waals surface area contributed by atoms with Gasteiger partial charge in [0, 0.05) is 37.7 Å². The van der Waals surface area contributed by atoms with E-state index in [1.54, 1.807) is 6.20 Å². The molecule has 0 rings (SSSR count). The second-order valence-electron chi connectivity index (χ2n) is 3.69. The van der Waals surface area contributed by atoms with Gasteiger partial charge in [-0.3, -0.25) is 14.6 Å². The Morgan fingerprint density at radius 3 is 2.59 bits per heavy atom. The van der Waals surface area contributed by atoms with Crippen LogP contribution in [0.1, 0.15) is 39.5 Å². The summed E-state index contributed by atoms with van der Waals surface area (Å²) in [6, 6.07) is 0. The van der Waals surface area contributed by atoms with Crippen LogP contribution in [0.3, 0.4) is 0 Å². The molecular weight excluding hydrogens is 220 g/mol. The first kappa shape index (κ1) is 15.3. The van der Waals surface area contributed by atoms with Gasteiger partial charge < -0.3 is 10.4 Å². The summed E-state index contributed by atoms with van der Waals surface area (Å²) in [5.41, 5.74) is 0.953. The van der Waals surface area contributed by atoms with Crippen LogP contribution >= 0.6 is 0 Å². The van der Waals surface area contributed by atoms with E-state index >= 15 is 0 Å². The molecule has 5 heteroatoms. The molecule has 0 saturated carbocycles. The second-order valence-corrected chi connectivity index (χ2v) is 3.69. The topological polar surface area (TPSA) is 78.8 Å². The highest BCUT2D eigenvalue weighted by atomic mass is 16.4. The third kappa shape index (κ3) is 10.6. The predicted molar refractivity (Wildman–Crippen MR) is 67.0 cm³/mol. The summed E-state index contributed by atoms with van der Waals surface area (Å²) in [5, 5.41) is 11.1. The number of nitrogens with zero attached hydrogens (tertiary/aromatic N) is 1. The number of rotatable bonds is 8. The number of nitrogens with one attached hydrogen (secondary N) is 1. The van der Waals surface area contributed by atoms with Crippen molar-refractivity contribution in [3.63, 3.8) is 0 Å². The van der Waals surface area contributed by atoms with Crippen LogP contribution < -0.4 is 5.32 Å². The number of amides is 1. The van der Waals surface area contributed by atoms with Gasteiger partial charge in [-0.25, -0.2) is 0 Å². The Labute approximate surface area is 102 Å². The molecule has 0 spiro atoms. The molecule has 96 valence electrons. The Hall–Kier alpha value is -1.65. The van der Waals surface area contributed by atoms with Crippen LogP contribution in [0.25, 0.3) is 0 Å². The molecule has 0 saturated heterocycles. The Morgan fingerprint density at radius 1 is 1.29 bits per heavy atom. The lowest BCUT2D eigenvalue weighted by atomic mass is 10.2. The Morgan fingerprint density at radius 2 is 2.00 bits per heavy atom. The van der Waals surface area contributed by atoms with Gasteiger partial charge in [-0.05, 0) is 20.3 Å². The zero-order valence-electron chi connectivity index (χ0n) is 10.4. The minimum Gasteiger partial charge on any atom is -0.481 e. The zero-order chi connectivity index (χ0) is 13.1. The molecule has 0 atom stereocenters. The fourth-order valence-corrected chi connectivity index (χ4v) is 1.14. The Kier molecular flexibility index (Phi) is 8.64. The molecule has 1 amide bonds. The number of carbonyl (C=O) groups excluding carboxylic acids is 1. The van der Waals surface area contributed by atoms with Crippen molar-refractivity contribution in [1.29, 1.82) is 0 Å². The summed E-state index contributed by atoms with van der Waals surface area (Å²) in [4.78, 5) is 25.6. The van der Waals surface area contributed by atoms with E-state index in [1.807, 2.05) is 19.9 Å². The van der Waals surface area contributed by atoms with Crippen molar-refractivity contribution < 1.29 is 14.7 Å². The van der Waals surface area contributed by atoms with Crippen molar-refractivity contribution >= 4 is 17.6 Å². The first-order valence-electron chi connectivity index (χ1n) is 5.69. The number of carboxylic acid groups (broad SMARTS) is 1. The van der Waals surface area contributed by atoms with Gasteiger partial charge in [0.1, 0.15) is 0 Å². The third-order valence-electron chi connectivity index (χ3n) is 2.05. The van der Waals surface area contributed by atoms with E-state index in [2.05, 4.69) is 10.3 Å². The van der Waals surface area contributed by atoms with Crippen LogP contribution in [0.15, 0.2) is 17.3 Å². The maximum Gasteiger partial charge on any atom is 0.303 e. The maximum atomic E-state index is 11.3. The molecule has 0 aliphatic rings. The first-order chi connectivity index (χ1) is 8.06. The van der Waals surface area contributed by atoms with E-state index in [-0.39, 0.29) is 18.7 Å². The van der Waals surface area contributed by atoms with Gasteiger partial charge in [-0.2, -0.15) is 0 Å². The summed E-state index contributed by atoms with van der Waals surface area (Å²) in [6.07, 6.45) is 4.94. The Bertz CT molecular complexity index is 309. The molecule has 0 heterocycles. The molecule has 2 N–H and O–H groups in total. The molecule has 17 heavy (non-hydrogen) atoms. The summed E-state index contributed by atoms with van der Waals surface area (Å²) in [7, 11) is 0. The molecule has 0 radical (unpaired) electrons. The van der Waals surface area contributed by atoms with Crippen molar-refractivity contribution in [2.24, 2.45) is 4.99 Å². The first-order valence-corrected chi connectivity index (χ1v) is 5.69. The summed E-state index contributed by atoms with van der Waals surface area (Å²) in [5.74, 6) is -0.975.